The molecular weight excluding hydrogens is 321 g/mol. The van der Waals surface area contributed by atoms with E-state index in [1.165, 1.54) is 11.1 Å². The van der Waals surface area contributed by atoms with E-state index in [9.17, 15) is 4.79 Å². The molecule has 1 aliphatic heterocycles. The van der Waals surface area contributed by atoms with Crippen LogP contribution in [0.2, 0.25) is 0 Å². The van der Waals surface area contributed by atoms with Gasteiger partial charge in [-0.25, -0.2) is 0 Å². The summed E-state index contributed by atoms with van der Waals surface area (Å²) < 4.78 is 0. The molecule has 6 heteroatoms. The van der Waals surface area contributed by atoms with Crippen molar-refractivity contribution in [2.75, 3.05) is 20.6 Å². The number of carbonyl (C=O) groups is 1. The fourth-order valence-electron chi connectivity index (χ4n) is 2.22. The van der Waals surface area contributed by atoms with Gasteiger partial charge < -0.3 is 15.5 Å². The Morgan fingerprint density at radius 2 is 1.86 bits per heavy atom. The minimum atomic E-state index is -0.122. The third kappa shape index (κ3) is 5.13. The van der Waals surface area contributed by atoms with Crippen molar-refractivity contribution < 1.29 is 4.79 Å². The number of halogens is 2. The van der Waals surface area contributed by atoms with Gasteiger partial charge >= 0.3 is 0 Å². The molecule has 0 fully saturated rings. The molecule has 1 aliphatic rings. The Labute approximate surface area is 145 Å². The molecule has 1 amide bonds. The molecule has 1 aromatic rings. The lowest BCUT2D eigenvalue weighted by atomic mass is 9.95. The summed E-state index contributed by atoms with van der Waals surface area (Å²) in [4.78, 5) is 14.4. The van der Waals surface area contributed by atoms with Gasteiger partial charge in [0, 0.05) is 18.6 Å². The van der Waals surface area contributed by atoms with E-state index < -0.39 is 0 Å². The highest BCUT2D eigenvalue weighted by molar-refractivity contribution is 5.85. The zero-order valence-corrected chi connectivity index (χ0v) is 15.3. The zero-order valence-electron chi connectivity index (χ0n) is 13.7. The second-order valence-electron chi connectivity index (χ2n) is 6.33. The Morgan fingerprint density at radius 3 is 2.45 bits per heavy atom. The van der Waals surface area contributed by atoms with Crippen molar-refractivity contribution in [3.8, 4) is 0 Å². The fraction of sp³-hybridized carbons (Fsp3) is 0.562. The van der Waals surface area contributed by atoms with Gasteiger partial charge in [0.2, 0.25) is 5.91 Å². The maximum absolute atomic E-state index is 12.3. The first-order valence-corrected chi connectivity index (χ1v) is 7.15. The number of nitrogens with zero attached hydrogens (tertiary/aromatic N) is 1. The van der Waals surface area contributed by atoms with Crippen LogP contribution in [0.3, 0.4) is 0 Å². The lowest BCUT2D eigenvalue weighted by Crippen LogP contribution is -2.53. The van der Waals surface area contributed by atoms with Crippen LogP contribution in [0.15, 0.2) is 24.3 Å². The molecule has 4 nitrogen and oxygen atoms in total. The molecule has 2 rings (SSSR count). The molecule has 0 spiro atoms. The quantitative estimate of drug-likeness (QED) is 0.875. The molecule has 2 N–H and O–H groups in total. The molecule has 0 aromatic heterocycles. The predicted octanol–water partition coefficient (Wildman–Crippen LogP) is 2.00. The molecule has 0 radical (unpaired) electrons. The first-order valence-electron chi connectivity index (χ1n) is 7.15. The van der Waals surface area contributed by atoms with Crippen molar-refractivity contribution in [1.82, 2.24) is 15.5 Å². The summed E-state index contributed by atoms with van der Waals surface area (Å²) in [6, 6.07) is 8.18. The van der Waals surface area contributed by atoms with Gasteiger partial charge in [-0.3, -0.25) is 4.79 Å². The van der Waals surface area contributed by atoms with Crippen LogP contribution in [0, 0.1) is 0 Å². The highest BCUT2D eigenvalue weighted by Gasteiger charge is 2.26. The SMILES string of the molecule is CN(C)C(C)(C)CNC(=O)C1Cc2ccccc2CN1.Cl.Cl. The lowest BCUT2D eigenvalue weighted by Gasteiger charge is -2.33. The van der Waals surface area contributed by atoms with Crippen molar-refractivity contribution in [2.24, 2.45) is 0 Å². The van der Waals surface area contributed by atoms with Gasteiger partial charge in [0.05, 0.1) is 6.04 Å². The van der Waals surface area contributed by atoms with E-state index in [-0.39, 0.29) is 42.3 Å². The summed E-state index contributed by atoms with van der Waals surface area (Å²) in [5.41, 5.74) is 2.53. The van der Waals surface area contributed by atoms with Crippen LogP contribution in [0.5, 0.6) is 0 Å². The Bertz CT molecular complexity index is 492. The summed E-state index contributed by atoms with van der Waals surface area (Å²) >= 11 is 0. The maximum atomic E-state index is 12.3. The first-order chi connectivity index (χ1) is 9.40. The van der Waals surface area contributed by atoms with E-state index in [1.54, 1.807) is 0 Å². The highest BCUT2D eigenvalue weighted by atomic mass is 35.5. The Balaban J connectivity index is 0.00000220. The number of benzene rings is 1. The molecule has 0 saturated carbocycles. The number of likely N-dealkylation sites (N-methyl/N-ethyl adjacent to an activating group) is 1. The molecule has 0 aliphatic carbocycles. The first kappa shape index (κ1) is 21.2. The second-order valence-corrected chi connectivity index (χ2v) is 6.33. The Hall–Kier alpha value is -0.810. The minimum absolute atomic E-state index is 0. The molecule has 22 heavy (non-hydrogen) atoms. The third-order valence-electron chi connectivity index (χ3n) is 4.30. The van der Waals surface area contributed by atoms with E-state index in [1.807, 2.05) is 26.2 Å². The van der Waals surface area contributed by atoms with Gasteiger partial charge in [-0.1, -0.05) is 24.3 Å². The average Bonchev–Trinajstić information content (AvgIpc) is 2.44. The summed E-state index contributed by atoms with van der Waals surface area (Å²) in [5.74, 6) is 0.0921. The number of nitrogens with one attached hydrogen (secondary N) is 2. The van der Waals surface area contributed by atoms with Gasteiger partial charge in [0.15, 0.2) is 0 Å². The van der Waals surface area contributed by atoms with Crippen molar-refractivity contribution in [2.45, 2.75) is 38.4 Å². The van der Waals surface area contributed by atoms with E-state index in [2.05, 4.69) is 41.5 Å². The second kappa shape index (κ2) is 8.73. The third-order valence-corrected chi connectivity index (χ3v) is 4.30. The standard InChI is InChI=1S/C16H25N3O.2ClH/c1-16(2,19(3)4)11-18-15(20)14-9-12-7-5-6-8-13(12)10-17-14;;/h5-8,14,17H,9-11H2,1-4H3,(H,18,20);2*1H. The number of hydrogen-bond donors (Lipinski definition) is 2. The van der Waals surface area contributed by atoms with Crippen LogP contribution in [0.4, 0.5) is 0 Å². The van der Waals surface area contributed by atoms with Crippen molar-refractivity contribution in [3.05, 3.63) is 35.4 Å². The van der Waals surface area contributed by atoms with Crippen LogP contribution in [0.1, 0.15) is 25.0 Å². The van der Waals surface area contributed by atoms with E-state index in [4.69, 9.17) is 0 Å². The van der Waals surface area contributed by atoms with Crippen LogP contribution in [-0.4, -0.2) is 43.0 Å². The lowest BCUT2D eigenvalue weighted by molar-refractivity contribution is -0.123. The minimum Gasteiger partial charge on any atom is -0.353 e. The van der Waals surface area contributed by atoms with E-state index in [0.29, 0.717) is 6.54 Å². The molecule has 1 aromatic carbocycles. The van der Waals surface area contributed by atoms with E-state index in [0.717, 1.165) is 13.0 Å². The zero-order chi connectivity index (χ0) is 14.8. The van der Waals surface area contributed by atoms with Crippen molar-refractivity contribution >= 4 is 30.7 Å². The molecule has 126 valence electrons. The molecule has 0 bridgehead atoms. The van der Waals surface area contributed by atoms with Crippen molar-refractivity contribution in [3.63, 3.8) is 0 Å². The largest absolute Gasteiger partial charge is 0.353 e. The number of rotatable bonds is 4. The average molecular weight is 348 g/mol. The topological polar surface area (TPSA) is 44.4 Å². The summed E-state index contributed by atoms with van der Waals surface area (Å²) in [6.07, 6.45) is 0.768. The van der Waals surface area contributed by atoms with Gasteiger partial charge in [-0.05, 0) is 45.5 Å². The van der Waals surface area contributed by atoms with E-state index >= 15 is 0 Å². The number of carbonyl (C=O) groups excluding carboxylic acids is 1. The number of fused-ring (bicyclic) bond motifs is 1. The van der Waals surface area contributed by atoms with Gasteiger partial charge in [-0.15, -0.1) is 24.8 Å². The molecule has 0 saturated heterocycles. The van der Waals surface area contributed by atoms with Crippen LogP contribution in [0.25, 0.3) is 0 Å². The highest BCUT2D eigenvalue weighted by Crippen LogP contribution is 2.16. The van der Waals surface area contributed by atoms with Gasteiger partial charge in [0.1, 0.15) is 0 Å². The smallest absolute Gasteiger partial charge is 0.237 e. The number of hydrogen-bond acceptors (Lipinski definition) is 3. The maximum Gasteiger partial charge on any atom is 0.237 e. The van der Waals surface area contributed by atoms with Crippen LogP contribution in [-0.2, 0) is 17.8 Å². The Kier molecular flexibility index (Phi) is 8.40. The molecule has 1 heterocycles. The molecule has 1 unspecified atom stereocenters. The predicted molar refractivity (Wildman–Crippen MR) is 96.0 cm³/mol. The van der Waals surface area contributed by atoms with Crippen LogP contribution >= 0.6 is 24.8 Å². The Morgan fingerprint density at radius 1 is 1.27 bits per heavy atom. The molecule has 1 atom stereocenters. The number of amides is 1. The van der Waals surface area contributed by atoms with Gasteiger partial charge in [0.25, 0.3) is 0 Å². The van der Waals surface area contributed by atoms with Crippen LogP contribution < -0.4 is 10.6 Å². The normalized spacial score (nSPS) is 17.0. The molecular formula is C16H27Cl2N3O. The monoisotopic (exact) mass is 347 g/mol. The summed E-state index contributed by atoms with van der Waals surface area (Å²) in [5, 5.41) is 6.38. The fourth-order valence-corrected chi connectivity index (χ4v) is 2.22. The van der Waals surface area contributed by atoms with Crippen molar-refractivity contribution in [1.29, 1.82) is 0 Å². The van der Waals surface area contributed by atoms with Gasteiger partial charge in [-0.2, -0.15) is 0 Å². The summed E-state index contributed by atoms with van der Waals surface area (Å²) in [6.45, 7) is 5.66. The summed E-state index contributed by atoms with van der Waals surface area (Å²) in [7, 11) is 4.06.